The van der Waals surface area contributed by atoms with E-state index in [9.17, 15) is 4.79 Å². The smallest absolute Gasteiger partial charge is 0.256 e. The quantitative estimate of drug-likeness (QED) is 0.555. The minimum Gasteiger partial charge on any atom is -0.495 e. The van der Waals surface area contributed by atoms with Gasteiger partial charge in [0.15, 0.2) is 0 Å². The minimum atomic E-state index is -0.163. The Morgan fingerprint density at radius 2 is 2.04 bits per heavy atom. The Balaban J connectivity index is 1.81. The number of hydrogen-bond donors (Lipinski definition) is 2. The first-order valence-corrected chi connectivity index (χ1v) is 8.07. The molecule has 0 radical (unpaired) electrons. The summed E-state index contributed by atoms with van der Waals surface area (Å²) >= 11 is 0. The van der Waals surface area contributed by atoms with Gasteiger partial charge in [0.1, 0.15) is 11.4 Å². The number of rotatable bonds is 2. The van der Waals surface area contributed by atoms with Gasteiger partial charge in [0, 0.05) is 23.5 Å². The second-order valence-corrected chi connectivity index (χ2v) is 5.66. The number of aromatic amines is 1. The molecule has 2 N–H and O–H groups in total. The molecule has 0 saturated carbocycles. The van der Waals surface area contributed by atoms with E-state index in [0.717, 1.165) is 22.5 Å². The van der Waals surface area contributed by atoms with Crippen LogP contribution in [0, 0.1) is 11.8 Å². The number of ether oxygens (including phenoxy) is 1. The summed E-state index contributed by atoms with van der Waals surface area (Å²) in [7, 11) is 1.59. The monoisotopic (exact) mass is 341 g/mol. The molecular formula is C21H15N3O2. The predicted molar refractivity (Wildman–Crippen MR) is 101 cm³/mol. The van der Waals surface area contributed by atoms with Crippen LogP contribution in [-0.2, 0) is 4.79 Å². The molecule has 1 aromatic carbocycles. The molecule has 0 unspecified atom stereocenters. The zero-order valence-electron chi connectivity index (χ0n) is 14.0. The van der Waals surface area contributed by atoms with Crippen molar-refractivity contribution in [2.75, 3.05) is 12.4 Å². The van der Waals surface area contributed by atoms with Gasteiger partial charge in [-0.2, -0.15) is 0 Å². The normalized spacial score (nSPS) is 13.7. The lowest BCUT2D eigenvalue weighted by atomic mass is 9.99. The predicted octanol–water partition coefficient (Wildman–Crippen LogP) is 3.31. The highest BCUT2D eigenvalue weighted by Gasteiger charge is 2.26. The van der Waals surface area contributed by atoms with E-state index in [1.54, 1.807) is 25.6 Å². The van der Waals surface area contributed by atoms with E-state index in [2.05, 4.69) is 27.1 Å². The standard InChI is InChI=1S/C21H15N3O2/c1-26-19-10-12-23-18(19)13-16-20-14(5-4-7-17(20)24-21(16)25)8-9-15-6-2-3-11-22-15/h2-7,10-13,23H,1H3,(H,24,25). The summed E-state index contributed by atoms with van der Waals surface area (Å²) in [5, 5.41) is 2.89. The number of carbonyl (C=O) groups excluding carboxylic acids is 1. The summed E-state index contributed by atoms with van der Waals surface area (Å²) in [6.07, 6.45) is 5.26. The molecule has 26 heavy (non-hydrogen) atoms. The van der Waals surface area contributed by atoms with Crippen LogP contribution in [0.5, 0.6) is 5.75 Å². The van der Waals surface area contributed by atoms with Crippen LogP contribution >= 0.6 is 0 Å². The van der Waals surface area contributed by atoms with E-state index in [-0.39, 0.29) is 5.91 Å². The molecule has 1 aliphatic rings. The van der Waals surface area contributed by atoms with Crippen LogP contribution in [0.15, 0.2) is 54.9 Å². The minimum absolute atomic E-state index is 0.163. The largest absolute Gasteiger partial charge is 0.495 e. The molecule has 3 aromatic rings. The zero-order valence-corrected chi connectivity index (χ0v) is 14.0. The maximum atomic E-state index is 12.5. The summed E-state index contributed by atoms with van der Waals surface area (Å²) in [5.74, 6) is 6.69. The SMILES string of the molecule is COc1cc[nH]c1C=C1C(=O)Nc2cccc(C#Cc3ccccn3)c21. The van der Waals surface area contributed by atoms with Crippen molar-refractivity contribution in [2.24, 2.45) is 0 Å². The van der Waals surface area contributed by atoms with E-state index in [1.165, 1.54) is 0 Å². The Labute approximate surface area is 150 Å². The van der Waals surface area contributed by atoms with Crippen molar-refractivity contribution in [3.8, 4) is 17.6 Å². The van der Waals surface area contributed by atoms with Gasteiger partial charge in [-0.05, 0) is 42.3 Å². The van der Waals surface area contributed by atoms with Crippen molar-refractivity contribution in [1.29, 1.82) is 0 Å². The lowest BCUT2D eigenvalue weighted by molar-refractivity contribution is -0.110. The number of carbonyl (C=O) groups is 1. The Kier molecular flexibility index (Phi) is 4.00. The number of anilines is 1. The van der Waals surface area contributed by atoms with Gasteiger partial charge in [-0.3, -0.25) is 4.79 Å². The van der Waals surface area contributed by atoms with Crippen LogP contribution in [0.3, 0.4) is 0 Å². The number of H-pyrrole nitrogens is 1. The average Bonchev–Trinajstić information content (AvgIpc) is 3.25. The Morgan fingerprint density at radius 3 is 2.85 bits per heavy atom. The van der Waals surface area contributed by atoms with Crippen LogP contribution in [0.4, 0.5) is 5.69 Å². The number of pyridine rings is 1. The van der Waals surface area contributed by atoms with Gasteiger partial charge in [0.25, 0.3) is 5.91 Å². The Bertz CT molecular complexity index is 1070. The maximum Gasteiger partial charge on any atom is 0.256 e. The molecule has 0 bridgehead atoms. The fraction of sp³-hybridized carbons (Fsp3) is 0.0476. The van der Waals surface area contributed by atoms with Crippen LogP contribution in [0.2, 0.25) is 0 Å². The number of aromatic nitrogens is 2. The summed E-state index contributed by atoms with van der Waals surface area (Å²) in [6.45, 7) is 0. The van der Waals surface area contributed by atoms with E-state index in [1.807, 2.05) is 42.5 Å². The van der Waals surface area contributed by atoms with Crippen molar-refractivity contribution in [3.63, 3.8) is 0 Å². The summed E-state index contributed by atoms with van der Waals surface area (Å²) < 4.78 is 5.31. The number of amides is 1. The van der Waals surface area contributed by atoms with Gasteiger partial charge in [0.05, 0.1) is 24.1 Å². The molecule has 5 nitrogen and oxygen atoms in total. The molecule has 0 aliphatic carbocycles. The molecule has 1 aliphatic heterocycles. The van der Waals surface area contributed by atoms with Crippen molar-refractivity contribution in [2.45, 2.75) is 0 Å². The second-order valence-electron chi connectivity index (χ2n) is 5.66. The molecule has 2 aromatic heterocycles. The summed E-state index contributed by atoms with van der Waals surface area (Å²) in [4.78, 5) is 19.8. The average molecular weight is 341 g/mol. The van der Waals surface area contributed by atoms with Gasteiger partial charge < -0.3 is 15.0 Å². The van der Waals surface area contributed by atoms with E-state index in [0.29, 0.717) is 17.0 Å². The van der Waals surface area contributed by atoms with E-state index < -0.39 is 0 Å². The number of fused-ring (bicyclic) bond motifs is 1. The third kappa shape index (κ3) is 2.85. The third-order valence-electron chi connectivity index (χ3n) is 4.06. The summed E-state index contributed by atoms with van der Waals surface area (Å²) in [6, 6.07) is 13.0. The van der Waals surface area contributed by atoms with Gasteiger partial charge >= 0.3 is 0 Å². The Hall–Kier alpha value is -3.78. The molecule has 3 heterocycles. The fourth-order valence-electron chi connectivity index (χ4n) is 2.86. The molecule has 5 heteroatoms. The van der Waals surface area contributed by atoms with Gasteiger partial charge in [-0.25, -0.2) is 4.98 Å². The molecule has 1 amide bonds. The molecule has 0 fully saturated rings. The first-order chi connectivity index (χ1) is 12.8. The molecule has 4 rings (SSSR count). The molecule has 126 valence electrons. The first-order valence-electron chi connectivity index (χ1n) is 8.07. The number of nitrogens with one attached hydrogen (secondary N) is 2. The van der Waals surface area contributed by atoms with Crippen LogP contribution in [-0.4, -0.2) is 23.0 Å². The third-order valence-corrected chi connectivity index (χ3v) is 4.06. The van der Waals surface area contributed by atoms with Crippen LogP contribution in [0.1, 0.15) is 22.5 Å². The van der Waals surface area contributed by atoms with Crippen LogP contribution in [0.25, 0.3) is 11.6 Å². The lowest BCUT2D eigenvalue weighted by Gasteiger charge is -2.03. The summed E-state index contributed by atoms with van der Waals surface area (Å²) in [5.41, 5.74) is 4.27. The molecule has 0 atom stereocenters. The van der Waals surface area contributed by atoms with E-state index >= 15 is 0 Å². The first kappa shape index (κ1) is 15.7. The fourth-order valence-corrected chi connectivity index (χ4v) is 2.86. The number of benzene rings is 1. The van der Waals surface area contributed by atoms with Crippen molar-refractivity contribution < 1.29 is 9.53 Å². The maximum absolute atomic E-state index is 12.5. The molecule has 0 saturated heterocycles. The lowest BCUT2D eigenvalue weighted by Crippen LogP contribution is -2.03. The Morgan fingerprint density at radius 1 is 1.12 bits per heavy atom. The van der Waals surface area contributed by atoms with Crippen molar-refractivity contribution in [1.82, 2.24) is 9.97 Å². The van der Waals surface area contributed by atoms with Gasteiger partial charge in [-0.15, -0.1) is 0 Å². The number of nitrogens with zero attached hydrogens (tertiary/aromatic N) is 1. The topological polar surface area (TPSA) is 67.0 Å². The van der Waals surface area contributed by atoms with Crippen molar-refractivity contribution in [3.05, 3.63) is 77.4 Å². The highest BCUT2D eigenvalue weighted by molar-refractivity contribution is 6.35. The number of hydrogen-bond acceptors (Lipinski definition) is 3. The number of methoxy groups -OCH3 is 1. The van der Waals surface area contributed by atoms with E-state index in [4.69, 9.17) is 4.74 Å². The van der Waals surface area contributed by atoms with Gasteiger partial charge in [-0.1, -0.05) is 18.1 Å². The highest BCUT2D eigenvalue weighted by Crippen LogP contribution is 2.36. The zero-order chi connectivity index (χ0) is 17.9. The second kappa shape index (κ2) is 6.61. The highest BCUT2D eigenvalue weighted by atomic mass is 16.5. The molecular weight excluding hydrogens is 326 g/mol. The van der Waals surface area contributed by atoms with Crippen LogP contribution < -0.4 is 10.1 Å². The van der Waals surface area contributed by atoms with Crippen molar-refractivity contribution >= 4 is 23.2 Å². The van der Waals surface area contributed by atoms with Gasteiger partial charge in [0.2, 0.25) is 0 Å². The molecule has 0 spiro atoms.